The highest BCUT2D eigenvalue weighted by molar-refractivity contribution is 6.06. The quantitative estimate of drug-likeness (QED) is 0.595. The van der Waals surface area contributed by atoms with E-state index in [0.29, 0.717) is 0 Å². The van der Waals surface area contributed by atoms with Crippen LogP contribution >= 0.6 is 0 Å². The molecule has 3 aliphatic rings. The van der Waals surface area contributed by atoms with Crippen LogP contribution < -0.4 is 0 Å². The van der Waals surface area contributed by atoms with Gasteiger partial charge >= 0.3 is 0 Å². The van der Waals surface area contributed by atoms with Gasteiger partial charge in [0.25, 0.3) is 0 Å². The van der Waals surface area contributed by atoms with Crippen LogP contribution in [0.4, 0.5) is 0 Å². The Labute approximate surface area is 107 Å². The number of hydrogen-bond donors (Lipinski definition) is 1. The van der Waals surface area contributed by atoms with Gasteiger partial charge in [-0.1, -0.05) is 26.0 Å². The van der Waals surface area contributed by atoms with Gasteiger partial charge in [0, 0.05) is 0 Å². The van der Waals surface area contributed by atoms with Crippen molar-refractivity contribution < 1.29 is 14.7 Å². The van der Waals surface area contributed by atoms with Crippen LogP contribution in [-0.2, 0) is 9.59 Å². The van der Waals surface area contributed by atoms with Crippen molar-refractivity contribution in [2.45, 2.75) is 26.4 Å². The fourth-order valence-electron chi connectivity index (χ4n) is 3.54. The van der Waals surface area contributed by atoms with Gasteiger partial charge in [0.05, 0.1) is 24.5 Å². The van der Waals surface area contributed by atoms with Crippen LogP contribution in [0.2, 0.25) is 0 Å². The van der Waals surface area contributed by atoms with Crippen molar-refractivity contribution in [1.29, 1.82) is 0 Å². The zero-order valence-corrected chi connectivity index (χ0v) is 10.7. The maximum atomic E-state index is 12.3. The van der Waals surface area contributed by atoms with E-state index in [1.165, 1.54) is 4.90 Å². The number of likely N-dealkylation sites (tertiary alicyclic amines) is 1. The number of imide groups is 1. The van der Waals surface area contributed by atoms with Crippen LogP contribution in [0, 0.1) is 29.6 Å². The highest BCUT2D eigenvalue weighted by Gasteiger charge is 2.59. The molecule has 0 aromatic carbocycles. The monoisotopic (exact) mass is 249 g/mol. The molecule has 2 bridgehead atoms. The molecule has 0 aromatic heterocycles. The maximum Gasteiger partial charge on any atom is 0.233 e. The summed E-state index contributed by atoms with van der Waals surface area (Å²) >= 11 is 0. The summed E-state index contributed by atoms with van der Waals surface area (Å²) in [4.78, 5) is 25.9. The average molecular weight is 249 g/mol. The lowest BCUT2D eigenvalue weighted by molar-refractivity contribution is -0.142. The maximum absolute atomic E-state index is 12.3. The summed E-state index contributed by atoms with van der Waals surface area (Å²) in [5.74, 6) is 0.123. The molecule has 0 radical (unpaired) electrons. The number of rotatable bonds is 3. The molecule has 18 heavy (non-hydrogen) atoms. The third kappa shape index (κ3) is 1.48. The zero-order chi connectivity index (χ0) is 13.0. The van der Waals surface area contributed by atoms with E-state index in [2.05, 4.69) is 12.2 Å². The third-order valence-electron chi connectivity index (χ3n) is 4.70. The van der Waals surface area contributed by atoms with Crippen molar-refractivity contribution in [3.05, 3.63) is 12.2 Å². The summed E-state index contributed by atoms with van der Waals surface area (Å²) in [7, 11) is 0. The number of nitrogens with zero attached hydrogens (tertiary/aromatic N) is 1. The number of amides is 2. The SMILES string of the molecule is CC(C)C(O)CN1C(=O)C2C3C=CC(C3)C2C1=O. The predicted octanol–water partition coefficient (Wildman–Crippen LogP) is 0.810. The molecule has 5 atom stereocenters. The molecule has 3 rings (SSSR count). The van der Waals surface area contributed by atoms with E-state index in [4.69, 9.17) is 0 Å². The average Bonchev–Trinajstić information content (AvgIpc) is 2.98. The van der Waals surface area contributed by atoms with Gasteiger partial charge in [-0.2, -0.15) is 0 Å². The van der Waals surface area contributed by atoms with Gasteiger partial charge in [-0.05, 0) is 24.2 Å². The second-order valence-corrected chi connectivity index (χ2v) is 6.10. The Morgan fingerprint density at radius 1 is 1.22 bits per heavy atom. The van der Waals surface area contributed by atoms with E-state index in [9.17, 15) is 14.7 Å². The summed E-state index contributed by atoms with van der Waals surface area (Å²) in [6.07, 6.45) is 4.49. The van der Waals surface area contributed by atoms with Crippen molar-refractivity contribution in [1.82, 2.24) is 4.90 Å². The zero-order valence-electron chi connectivity index (χ0n) is 10.7. The summed E-state index contributed by atoms with van der Waals surface area (Å²) in [6.45, 7) is 3.94. The molecule has 2 amide bonds. The molecule has 1 aliphatic heterocycles. The van der Waals surface area contributed by atoms with Crippen LogP contribution in [-0.4, -0.2) is 34.5 Å². The van der Waals surface area contributed by atoms with Crippen LogP contribution in [0.5, 0.6) is 0 Å². The minimum Gasteiger partial charge on any atom is -0.391 e. The number of carbonyl (C=O) groups is 2. The fourth-order valence-corrected chi connectivity index (χ4v) is 3.54. The molecule has 1 saturated heterocycles. The molecule has 2 aliphatic carbocycles. The molecule has 0 spiro atoms. The number of aliphatic hydroxyl groups is 1. The van der Waals surface area contributed by atoms with Gasteiger partial charge in [0.15, 0.2) is 0 Å². The van der Waals surface area contributed by atoms with Crippen LogP contribution in [0.15, 0.2) is 12.2 Å². The molecule has 2 fully saturated rings. The smallest absolute Gasteiger partial charge is 0.233 e. The first-order chi connectivity index (χ1) is 8.50. The standard InChI is InChI=1S/C14H19NO3/c1-7(2)10(16)6-15-13(17)11-8-3-4-9(5-8)12(11)14(15)18/h3-4,7-12,16H,5-6H2,1-2H3. The predicted molar refractivity (Wildman–Crippen MR) is 65.3 cm³/mol. The minimum atomic E-state index is -0.623. The molecule has 98 valence electrons. The van der Waals surface area contributed by atoms with Crippen molar-refractivity contribution in [3.63, 3.8) is 0 Å². The van der Waals surface area contributed by atoms with Gasteiger partial charge < -0.3 is 5.11 Å². The fraction of sp³-hybridized carbons (Fsp3) is 0.714. The Kier molecular flexibility index (Phi) is 2.59. The van der Waals surface area contributed by atoms with Gasteiger partial charge in [-0.15, -0.1) is 0 Å². The molecule has 1 N–H and O–H groups in total. The molecule has 0 aromatic rings. The van der Waals surface area contributed by atoms with Crippen LogP contribution in [0.1, 0.15) is 20.3 Å². The highest BCUT2D eigenvalue weighted by atomic mass is 16.3. The Bertz CT molecular complexity index is 399. The number of aliphatic hydroxyl groups excluding tert-OH is 1. The molecule has 4 heteroatoms. The van der Waals surface area contributed by atoms with E-state index in [0.717, 1.165) is 6.42 Å². The Morgan fingerprint density at radius 3 is 2.17 bits per heavy atom. The summed E-state index contributed by atoms with van der Waals surface area (Å²) < 4.78 is 0. The van der Waals surface area contributed by atoms with Crippen LogP contribution in [0.3, 0.4) is 0 Å². The summed E-state index contributed by atoms with van der Waals surface area (Å²) in [5.41, 5.74) is 0. The molecule has 1 saturated carbocycles. The highest BCUT2D eigenvalue weighted by Crippen LogP contribution is 2.52. The Hall–Kier alpha value is -1.16. The first-order valence-electron chi connectivity index (χ1n) is 6.72. The Morgan fingerprint density at radius 2 is 1.72 bits per heavy atom. The largest absolute Gasteiger partial charge is 0.391 e. The van der Waals surface area contributed by atoms with Crippen molar-refractivity contribution in [3.8, 4) is 0 Å². The summed E-state index contributed by atoms with van der Waals surface area (Å²) in [5, 5.41) is 9.87. The number of fused-ring (bicyclic) bond motifs is 5. The number of β-amino-alcohol motifs (C(OH)–C–C–N with tert-alkyl or cyclic N) is 1. The number of allylic oxidation sites excluding steroid dienone is 2. The molecular formula is C14H19NO3. The third-order valence-corrected chi connectivity index (χ3v) is 4.70. The molecule has 4 nitrogen and oxygen atoms in total. The first kappa shape index (κ1) is 11.9. The first-order valence-corrected chi connectivity index (χ1v) is 6.72. The number of hydrogen-bond acceptors (Lipinski definition) is 3. The summed E-state index contributed by atoms with van der Waals surface area (Å²) in [6, 6.07) is 0. The van der Waals surface area contributed by atoms with E-state index < -0.39 is 6.10 Å². The van der Waals surface area contributed by atoms with Crippen molar-refractivity contribution >= 4 is 11.8 Å². The van der Waals surface area contributed by atoms with Crippen molar-refractivity contribution in [2.75, 3.05) is 6.54 Å². The second kappa shape index (κ2) is 3.92. The lowest BCUT2D eigenvalue weighted by atomic mass is 9.85. The molecular weight excluding hydrogens is 230 g/mol. The lowest BCUT2D eigenvalue weighted by Gasteiger charge is -2.22. The van der Waals surface area contributed by atoms with Gasteiger partial charge in [-0.25, -0.2) is 0 Å². The Balaban J connectivity index is 1.80. The van der Waals surface area contributed by atoms with E-state index in [1.54, 1.807) is 0 Å². The van der Waals surface area contributed by atoms with Gasteiger partial charge in [0.2, 0.25) is 11.8 Å². The minimum absolute atomic E-state index is 0.0564. The normalized spacial score (nSPS) is 39.0. The number of carbonyl (C=O) groups excluding carboxylic acids is 2. The topological polar surface area (TPSA) is 57.6 Å². The van der Waals surface area contributed by atoms with Gasteiger partial charge in [0.1, 0.15) is 0 Å². The van der Waals surface area contributed by atoms with E-state index in [1.807, 2.05) is 13.8 Å². The van der Waals surface area contributed by atoms with Crippen molar-refractivity contribution in [2.24, 2.45) is 29.6 Å². The molecule has 1 heterocycles. The second-order valence-electron chi connectivity index (χ2n) is 6.10. The van der Waals surface area contributed by atoms with E-state index >= 15 is 0 Å². The molecule has 5 unspecified atom stereocenters. The van der Waals surface area contributed by atoms with Gasteiger partial charge in [-0.3, -0.25) is 14.5 Å². The van der Waals surface area contributed by atoms with Crippen LogP contribution in [0.25, 0.3) is 0 Å². The van der Waals surface area contributed by atoms with E-state index in [-0.39, 0.29) is 47.9 Å². The lowest BCUT2D eigenvalue weighted by Crippen LogP contribution is -2.40.